The lowest BCUT2D eigenvalue weighted by Crippen LogP contribution is -2.22. The van der Waals surface area contributed by atoms with E-state index in [4.69, 9.17) is 17.0 Å². The molecule has 1 aliphatic rings. The van der Waals surface area contributed by atoms with E-state index < -0.39 is 0 Å². The van der Waals surface area contributed by atoms with E-state index in [1.165, 1.54) is 12.8 Å². The standard InChI is InChI=1S/C9H14N2OS/c1-7-5-11(8(13)10-7)9(3-4-9)6-12-2/h5H,3-4,6H2,1-2H3,(H,10,13). The minimum atomic E-state index is 0.163. The van der Waals surface area contributed by atoms with E-state index in [1.807, 2.05) is 6.92 Å². The van der Waals surface area contributed by atoms with Gasteiger partial charge in [-0.3, -0.25) is 0 Å². The molecule has 13 heavy (non-hydrogen) atoms. The molecule has 1 aliphatic carbocycles. The summed E-state index contributed by atoms with van der Waals surface area (Å²) in [6.45, 7) is 2.79. The molecule has 1 aromatic rings. The molecule has 1 fully saturated rings. The average Bonchev–Trinajstić information content (AvgIpc) is 2.74. The molecule has 1 saturated carbocycles. The zero-order valence-corrected chi connectivity index (χ0v) is 8.78. The van der Waals surface area contributed by atoms with E-state index in [0.29, 0.717) is 0 Å². The Morgan fingerprint density at radius 2 is 2.38 bits per heavy atom. The lowest BCUT2D eigenvalue weighted by atomic mass is 10.3. The van der Waals surface area contributed by atoms with E-state index in [2.05, 4.69) is 15.7 Å². The summed E-state index contributed by atoms with van der Waals surface area (Å²) in [4.78, 5) is 3.13. The molecule has 0 atom stereocenters. The van der Waals surface area contributed by atoms with Gasteiger partial charge in [-0.2, -0.15) is 0 Å². The molecule has 0 aromatic carbocycles. The van der Waals surface area contributed by atoms with Gasteiger partial charge in [-0.05, 0) is 32.0 Å². The Morgan fingerprint density at radius 1 is 1.69 bits per heavy atom. The van der Waals surface area contributed by atoms with Crippen LogP contribution in [-0.4, -0.2) is 23.3 Å². The first-order valence-corrected chi connectivity index (χ1v) is 4.86. The zero-order chi connectivity index (χ0) is 9.47. The van der Waals surface area contributed by atoms with E-state index in [1.54, 1.807) is 7.11 Å². The first-order chi connectivity index (χ1) is 6.18. The number of hydrogen-bond acceptors (Lipinski definition) is 2. The molecule has 1 N–H and O–H groups in total. The maximum absolute atomic E-state index is 5.23. The molecule has 0 bridgehead atoms. The maximum atomic E-state index is 5.23. The Kier molecular flexibility index (Phi) is 2.04. The number of hydrogen-bond donors (Lipinski definition) is 1. The van der Waals surface area contributed by atoms with Crippen LogP contribution in [0, 0.1) is 11.7 Å². The van der Waals surface area contributed by atoms with Crippen LogP contribution in [-0.2, 0) is 10.3 Å². The third-order valence-corrected chi connectivity index (χ3v) is 2.90. The molecule has 0 unspecified atom stereocenters. The van der Waals surface area contributed by atoms with Gasteiger partial charge in [0.15, 0.2) is 4.77 Å². The molecule has 72 valence electrons. The molecule has 4 heteroatoms. The number of nitrogens with zero attached hydrogens (tertiary/aromatic N) is 1. The van der Waals surface area contributed by atoms with Crippen molar-refractivity contribution >= 4 is 12.2 Å². The Balaban J connectivity index is 2.34. The summed E-state index contributed by atoms with van der Waals surface area (Å²) in [5.74, 6) is 0. The van der Waals surface area contributed by atoms with Crippen LogP contribution in [0.2, 0.25) is 0 Å². The highest BCUT2D eigenvalue weighted by Gasteiger charge is 2.45. The predicted octanol–water partition coefficient (Wildman–Crippen LogP) is 1.99. The fourth-order valence-electron chi connectivity index (χ4n) is 1.73. The molecule has 0 radical (unpaired) electrons. The Hall–Kier alpha value is -0.610. The lowest BCUT2D eigenvalue weighted by Gasteiger charge is -2.15. The smallest absolute Gasteiger partial charge is 0.177 e. The van der Waals surface area contributed by atoms with Crippen molar-refractivity contribution in [3.05, 3.63) is 16.7 Å². The van der Waals surface area contributed by atoms with E-state index >= 15 is 0 Å². The van der Waals surface area contributed by atoms with E-state index in [-0.39, 0.29) is 5.54 Å². The highest BCUT2D eigenvalue weighted by Crippen LogP contribution is 2.43. The molecule has 2 rings (SSSR count). The van der Waals surface area contributed by atoms with Gasteiger partial charge < -0.3 is 14.3 Å². The van der Waals surface area contributed by atoms with Crippen LogP contribution in [0.3, 0.4) is 0 Å². The summed E-state index contributed by atoms with van der Waals surface area (Å²) in [6.07, 6.45) is 4.42. The van der Waals surface area contributed by atoms with Gasteiger partial charge in [0, 0.05) is 19.0 Å². The highest BCUT2D eigenvalue weighted by molar-refractivity contribution is 7.71. The molecule has 3 nitrogen and oxygen atoms in total. The third-order valence-electron chi connectivity index (χ3n) is 2.60. The van der Waals surface area contributed by atoms with Crippen LogP contribution in [0.25, 0.3) is 0 Å². The van der Waals surface area contributed by atoms with E-state index in [9.17, 15) is 0 Å². The third kappa shape index (κ3) is 1.44. The fourth-order valence-corrected chi connectivity index (χ4v) is 2.14. The molecular formula is C9H14N2OS. The van der Waals surface area contributed by atoms with Crippen LogP contribution >= 0.6 is 12.2 Å². The number of H-pyrrole nitrogens is 1. The Bertz CT molecular complexity index is 362. The second kappa shape index (κ2) is 2.96. The highest BCUT2D eigenvalue weighted by atomic mass is 32.1. The van der Waals surface area contributed by atoms with Gasteiger partial charge in [-0.1, -0.05) is 0 Å². The summed E-state index contributed by atoms with van der Waals surface area (Å²) in [6, 6.07) is 0. The number of methoxy groups -OCH3 is 1. The number of aromatic amines is 1. The molecular weight excluding hydrogens is 184 g/mol. The van der Waals surface area contributed by atoms with Crippen LogP contribution in [0.5, 0.6) is 0 Å². The van der Waals surface area contributed by atoms with Crippen molar-refractivity contribution < 1.29 is 4.74 Å². The first-order valence-electron chi connectivity index (χ1n) is 4.46. The van der Waals surface area contributed by atoms with Crippen molar-refractivity contribution in [1.29, 1.82) is 0 Å². The normalized spacial score (nSPS) is 18.9. The Morgan fingerprint density at radius 3 is 2.77 bits per heavy atom. The minimum absolute atomic E-state index is 0.163. The predicted molar refractivity (Wildman–Crippen MR) is 53.4 cm³/mol. The number of aryl methyl sites for hydroxylation is 1. The first kappa shape index (κ1) is 8.97. The second-order valence-corrected chi connectivity index (χ2v) is 4.16. The molecule has 0 saturated heterocycles. The zero-order valence-electron chi connectivity index (χ0n) is 7.96. The molecule has 1 aromatic heterocycles. The van der Waals surface area contributed by atoms with Crippen molar-refractivity contribution in [2.24, 2.45) is 0 Å². The molecule has 1 heterocycles. The van der Waals surface area contributed by atoms with Crippen molar-refractivity contribution in [2.75, 3.05) is 13.7 Å². The summed E-state index contributed by atoms with van der Waals surface area (Å²) >= 11 is 5.23. The van der Waals surface area contributed by atoms with Crippen LogP contribution < -0.4 is 0 Å². The van der Waals surface area contributed by atoms with Gasteiger partial charge >= 0.3 is 0 Å². The second-order valence-electron chi connectivity index (χ2n) is 3.77. The number of aromatic nitrogens is 2. The summed E-state index contributed by atoms with van der Waals surface area (Å²) in [5, 5.41) is 0. The van der Waals surface area contributed by atoms with Crippen molar-refractivity contribution in [3.8, 4) is 0 Å². The quantitative estimate of drug-likeness (QED) is 0.753. The summed E-state index contributed by atoms with van der Waals surface area (Å²) in [5.41, 5.74) is 1.28. The number of rotatable bonds is 3. The lowest BCUT2D eigenvalue weighted by molar-refractivity contribution is 0.143. The van der Waals surface area contributed by atoms with Crippen LogP contribution in [0.4, 0.5) is 0 Å². The van der Waals surface area contributed by atoms with Gasteiger partial charge in [0.05, 0.1) is 12.1 Å². The molecule has 0 aliphatic heterocycles. The number of ether oxygens (including phenoxy) is 1. The molecule has 0 spiro atoms. The minimum Gasteiger partial charge on any atom is -0.382 e. The van der Waals surface area contributed by atoms with Crippen LogP contribution in [0.1, 0.15) is 18.5 Å². The fraction of sp³-hybridized carbons (Fsp3) is 0.667. The number of imidazole rings is 1. The van der Waals surface area contributed by atoms with Gasteiger partial charge in [0.1, 0.15) is 0 Å². The average molecular weight is 198 g/mol. The monoisotopic (exact) mass is 198 g/mol. The summed E-state index contributed by atoms with van der Waals surface area (Å²) < 4.78 is 8.16. The van der Waals surface area contributed by atoms with Crippen molar-refractivity contribution in [1.82, 2.24) is 9.55 Å². The van der Waals surface area contributed by atoms with E-state index in [0.717, 1.165) is 17.1 Å². The van der Waals surface area contributed by atoms with Gasteiger partial charge in [0.2, 0.25) is 0 Å². The number of nitrogens with one attached hydrogen (secondary N) is 1. The largest absolute Gasteiger partial charge is 0.382 e. The molecule has 0 amide bonds. The topological polar surface area (TPSA) is 29.9 Å². The van der Waals surface area contributed by atoms with Crippen molar-refractivity contribution in [2.45, 2.75) is 25.3 Å². The van der Waals surface area contributed by atoms with Crippen molar-refractivity contribution in [3.63, 3.8) is 0 Å². The van der Waals surface area contributed by atoms with Gasteiger partial charge in [-0.25, -0.2) is 0 Å². The summed E-state index contributed by atoms with van der Waals surface area (Å²) in [7, 11) is 1.74. The Labute approximate surface area is 82.7 Å². The SMILES string of the molecule is COCC1(n2cc(C)[nH]c2=S)CC1. The van der Waals surface area contributed by atoms with Gasteiger partial charge in [0.25, 0.3) is 0 Å². The van der Waals surface area contributed by atoms with Gasteiger partial charge in [-0.15, -0.1) is 0 Å². The maximum Gasteiger partial charge on any atom is 0.177 e. The van der Waals surface area contributed by atoms with Crippen LogP contribution in [0.15, 0.2) is 6.20 Å².